The van der Waals surface area contributed by atoms with Gasteiger partial charge in [0.05, 0.1) is 38.1 Å². The zero-order chi connectivity index (χ0) is 13.8. The first-order chi connectivity index (χ1) is 9.11. The normalized spacial score (nSPS) is 11.8. The van der Waals surface area contributed by atoms with E-state index in [2.05, 4.69) is 0 Å². The summed E-state index contributed by atoms with van der Waals surface area (Å²) in [6, 6.07) is 12.7. The van der Waals surface area contributed by atoms with Crippen molar-refractivity contribution in [3.63, 3.8) is 0 Å². The van der Waals surface area contributed by atoms with Crippen LogP contribution in [0.5, 0.6) is 0 Å². The maximum absolute atomic E-state index is 13.6. The van der Waals surface area contributed by atoms with Crippen molar-refractivity contribution in [2.24, 2.45) is 0 Å². The van der Waals surface area contributed by atoms with Crippen LogP contribution in [0, 0.1) is 17.1 Å². The molecule has 2 nitrogen and oxygen atoms in total. The second-order valence-corrected chi connectivity index (χ2v) is 5.67. The van der Waals surface area contributed by atoms with Crippen LogP contribution < -0.4 is 0 Å². The van der Waals surface area contributed by atoms with Crippen LogP contribution in [0.2, 0.25) is 5.02 Å². The van der Waals surface area contributed by atoms with Gasteiger partial charge in [-0.1, -0.05) is 23.7 Å². The van der Waals surface area contributed by atoms with Gasteiger partial charge in [-0.05, 0) is 30.3 Å². The summed E-state index contributed by atoms with van der Waals surface area (Å²) in [5, 5.41) is 9.17. The molecule has 0 amide bonds. The topological polar surface area (TPSA) is 40.9 Å². The molecule has 96 valence electrons. The molecule has 0 aliphatic heterocycles. The fraction of sp³-hybridized carbons (Fsp3) is 0.0714. The van der Waals surface area contributed by atoms with Gasteiger partial charge in [-0.3, -0.25) is 4.21 Å². The summed E-state index contributed by atoms with van der Waals surface area (Å²) >= 11 is 5.94. The van der Waals surface area contributed by atoms with Crippen LogP contribution in [-0.2, 0) is 16.6 Å². The highest BCUT2D eigenvalue weighted by molar-refractivity contribution is 7.84. The van der Waals surface area contributed by atoms with Gasteiger partial charge in [0.2, 0.25) is 0 Å². The third-order valence-corrected chi connectivity index (χ3v) is 4.40. The first kappa shape index (κ1) is 13.7. The molecule has 0 radical (unpaired) electrons. The zero-order valence-corrected chi connectivity index (χ0v) is 11.3. The van der Waals surface area contributed by atoms with E-state index in [1.165, 1.54) is 18.2 Å². The molecule has 0 saturated heterocycles. The molecule has 19 heavy (non-hydrogen) atoms. The van der Waals surface area contributed by atoms with Crippen LogP contribution in [0.3, 0.4) is 0 Å². The van der Waals surface area contributed by atoms with Gasteiger partial charge in [0.15, 0.2) is 0 Å². The van der Waals surface area contributed by atoms with Crippen molar-refractivity contribution in [3.8, 4) is 6.07 Å². The summed E-state index contributed by atoms with van der Waals surface area (Å²) < 4.78 is 25.8. The molecule has 0 aliphatic rings. The van der Waals surface area contributed by atoms with Gasteiger partial charge in [-0.15, -0.1) is 0 Å². The lowest BCUT2D eigenvalue weighted by Crippen LogP contribution is -2.00. The second-order valence-electron chi connectivity index (χ2n) is 3.84. The Morgan fingerprint density at radius 1 is 1.26 bits per heavy atom. The molecule has 1 unspecified atom stereocenters. The van der Waals surface area contributed by atoms with Crippen LogP contribution in [-0.4, -0.2) is 4.21 Å². The highest BCUT2D eigenvalue weighted by atomic mass is 35.5. The van der Waals surface area contributed by atoms with Gasteiger partial charge < -0.3 is 0 Å². The zero-order valence-electron chi connectivity index (χ0n) is 9.77. The Morgan fingerprint density at radius 3 is 2.68 bits per heavy atom. The fourth-order valence-electron chi connectivity index (χ4n) is 1.60. The first-order valence-electron chi connectivity index (χ1n) is 5.43. The lowest BCUT2D eigenvalue weighted by molar-refractivity contribution is 0.615. The molecule has 0 fully saturated rings. The third-order valence-electron chi connectivity index (χ3n) is 2.54. The Morgan fingerprint density at radius 2 is 2.00 bits per heavy atom. The lowest BCUT2D eigenvalue weighted by atomic mass is 10.1. The van der Waals surface area contributed by atoms with E-state index in [0.717, 1.165) is 0 Å². The van der Waals surface area contributed by atoms with E-state index in [1.807, 2.05) is 6.07 Å². The van der Waals surface area contributed by atoms with Crippen molar-refractivity contribution in [3.05, 3.63) is 64.4 Å². The molecule has 0 heterocycles. The van der Waals surface area contributed by atoms with E-state index in [9.17, 15) is 8.60 Å². The number of nitriles is 1. The van der Waals surface area contributed by atoms with Crippen molar-refractivity contribution >= 4 is 22.4 Å². The quantitative estimate of drug-likeness (QED) is 0.866. The van der Waals surface area contributed by atoms with Crippen LogP contribution >= 0.6 is 11.6 Å². The number of benzene rings is 2. The number of halogens is 2. The molecule has 1 atom stereocenters. The molecule has 0 N–H and O–H groups in total. The standard InChI is InChI=1S/C14H9ClFNOS/c15-12-3-1-2-4-14(12)19(18)9-11-7-10(8-17)5-6-13(11)16/h1-7H,9H2. The summed E-state index contributed by atoms with van der Waals surface area (Å²) in [7, 11) is -1.45. The number of rotatable bonds is 3. The SMILES string of the molecule is N#Cc1ccc(F)c(CS(=O)c2ccccc2Cl)c1. The van der Waals surface area contributed by atoms with Crippen LogP contribution in [0.1, 0.15) is 11.1 Å². The van der Waals surface area contributed by atoms with Gasteiger partial charge in [0, 0.05) is 5.56 Å². The van der Waals surface area contributed by atoms with E-state index in [1.54, 1.807) is 24.3 Å². The molecule has 2 aromatic carbocycles. The summed E-state index contributed by atoms with van der Waals surface area (Å²) in [4.78, 5) is 0.464. The molecule has 0 bridgehead atoms. The largest absolute Gasteiger partial charge is 0.254 e. The fourth-order valence-corrected chi connectivity index (χ4v) is 3.17. The number of hydrogen-bond acceptors (Lipinski definition) is 2. The summed E-state index contributed by atoms with van der Waals surface area (Å²) in [5.41, 5.74) is 0.588. The Labute approximate surface area is 117 Å². The molecule has 0 spiro atoms. The predicted molar refractivity (Wildman–Crippen MR) is 72.7 cm³/mol. The summed E-state index contributed by atoms with van der Waals surface area (Å²) in [6.07, 6.45) is 0. The first-order valence-corrected chi connectivity index (χ1v) is 7.13. The molecular weight excluding hydrogens is 285 g/mol. The minimum Gasteiger partial charge on any atom is -0.254 e. The Kier molecular flexibility index (Phi) is 4.31. The summed E-state index contributed by atoms with van der Waals surface area (Å²) in [5.74, 6) is -0.482. The van der Waals surface area contributed by atoms with E-state index in [-0.39, 0.29) is 11.3 Å². The minimum atomic E-state index is -1.45. The highest BCUT2D eigenvalue weighted by Crippen LogP contribution is 2.22. The van der Waals surface area contributed by atoms with E-state index in [0.29, 0.717) is 15.5 Å². The second kappa shape index (κ2) is 5.96. The molecular formula is C14H9ClFNOS. The van der Waals surface area contributed by atoms with Gasteiger partial charge in [-0.2, -0.15) is 5.26 Å². The van der Waals surface area contributed by atoms with E-state index in [4.69, 9.17) is 16.9 Å². The lowest BCUT2D eigenvalue weighted by Gasteiger charge is -2.06. The summed E-state index contributed by atoms with van der Waals surface area (Å²) in [6.45, 7) is 0. The molecule has 0 aromatic heterocycles. The number of hydrogen-bond donors (Lipinski definition) is 0. The highest BCUT2D eigenvalue weighted by Gasteiger charge is 2.12. The Hall–Kier alpha value is -1.70. The van der Waals surface area contributed by atoms with Gasteiger partial charge in [0.25, 0.3) is 0 Å². The smallest absolute Gasteiger partial charge is 0.127 e. The van der Waals surface area contributed by atoms with E-state index < -0.39 is 16.6 Å². The molecule has 2 rings (SSSR count). The number of nitrogens with zero attached hydrogens (tertiary/aromatic N) is 1. The maximum Gasteiger partial charge on any atom is 0.127 e. The van der Waals surface area contributed by atoms with E-state index >= 15 is 0 Å². The van der Waals surface area contributed by atoms with Crippen molar-refractivity contribution in [2.45, 2.75) is 10.6 Å². The van der Waals surface area contributed by atoms with Crippen molar-refractivity contribution in [2.75, 3.05) is 0 Å². The molecule has 0 aliphatic carbocycles. The van der Waals surface area contributed by atoms with Crippen LogP contribution in [0.4, 0.5) is 4.39 Å². The van der Waals surface area contributed by atoms with Crippen molar-refractivity contribution < 1.29 is 8.60 Å². The van der Waals surface area contributed by atoms with Crippen LogP contribution in [0.15, 0.2) is 47.4 Å². The predicted octanol–water partition coefficient (Wildman–Crippen LogP) is 3.66. The minimum absolute atomic E-state index is 0.00884. The van der Waals surface area contributed by atoms with Crippen LogP contribution in [0.25, 0.3) is 0 Å². The Bertz CT molecular complexity index is 681. The van der Waals surface area contributed by atoms with Crippen molar-refractivity contribution in [1.82, 2.24) is 0 Å². The molecule has 5 heteroatoms. The molecule has 0 saturated carbocycles. The molecule has 2 aromatic rings. The maximum atomic E-state index is 13.6. The van der Waals surface area contributed by atoms with Gasteiger partial charge in [-0.25, -0.2) is 4.39 Å². The average molecular weight is 294 g/mol. The average Bonchev–Trinajstić information content (AvgIpc) is 2.41. The van der Waals surface area contributed by atoms with Crippen molar-refractivity contribution in [1.29, 1.82) is 5.26 Å². The van der Waals surface area contributed by atoms with Gasteiger partial charge >= 0.3 is 0 Å². The Balaban J connectivity index is 2.30. The third kappa shape index (κ3) is 3.19. The monoisotopic (exact) mass is 293 g/mol. The van der Waals surface area contributed by atoms with Gasteiger partial charge in [0.1, 0.15) is 5.82 Å².